The number of halogens is 1. The van der Waals surface area contributed by atoms with Crippen LogP contribution in [0.1, 0.15) is 25.3 Å². The van der Waals surface area contributed by atoms with E-state index in [1.54, 1.807) is 0 Å². The number of hydrogen-bond donors (Lipinski definition) is 0. The molecule has 98 valence electrons. The summed E-state index contributed by atoms with van der Waals surface area (Å²) < 4.78 is 6.58. The Morgan fingerprint density at radius 1 is 1.50 bits per heavy atom. The topological polar surface area (TPSA) is 29.5 Å². The maximum Gasteiger partial charge on any atom is 0.260 e. The number of benzene rings is 1. The lowest BCUT2D eigenvalue weighted by atomic mass is 10.2. The fourth-order valence-corrected chi connectivity index (χ4v) is 2.32. The van der Waals surface area contributed by atoms with E-state index in [-0.39, 0.29) is 12.5 Å². The summed E-state index contributed by atoms with van der Waals surface area (Å²) in [6.07, 6.45) is 2.27. The van der Waals surface area contributed by atoms with Crippen LogP contribution >= 0.6 is 15.9 Å². The van der Waals surface area contributed by atoms with E-state index in [1.165, 1.54) is 0 Å². The molecule has 0 bridgehead atoms. The average Bonchev–Trinajstić information content (AvgIpc) is 3.16. The van der Waals surface area contributed by atoms with E-state index >= 15 is 0 Å². The predicted molar refractivity (Wildman–Crippen MR) is 74.8 cm³/mol. The number of carbonyl (C=O) groups is 1. The van der Waals surface area contributed by atoms with Crippen molar-refractivity contribution in [3.8, 4) is 5.75 Å². The maximum absolute atomic E-state index is 12.0. The van der Waals surface area contributed by atoms with E-state index in [4.69, 9.17) is 4.74 Å². The zero-order valence-corrected chi connectivity index (χ0v) is 12.4. The zero-order valence-electron chi connectivity index (χ0n) is 10.8. The third kappa shape index (κ3) is 3.25. The van der Waals surface area contributed by atoms with Crippen LogP contribution in [0.3, 0.4) is 0 Å². The standard InChI is InChI=1S/C14H18BrNO2/c1-3-16(12-6-7-12)14(17)9-18-13-8-11(15)5-4-10(13)2/h4-5,8,12H,3,6-7,9H2,1-2H3. The Bertz CT molecular complexity index is 443. The predicted octanol–water partition coefficient (Wildman–Crippen LogP) is 3.15. The van der Waals surface area contributed by atoms with Crippen LogP contribution in [0.5, 0.6) is 5.75 Å². The third-order valence-electron chi connectivity index (χ3n) is 3.15. The molecule has 0 unspecified atom stereocenters. The summed E-state index contributed by atoms with van der Waals surface area (Å²) in [7, 11) is 0. The minimum atomic E-state index is 0.0828. The van der Waals surface area contributed by atoms with Gasteiger partial charge in [-0.25, -0.2) is 0 Å². The minimum absolute atomic E-state index is 0.0828. The molecule has 1 aromatic carbocycles. The highest BCUT2D eigenvalue weighted by Crippen LogP contribution is 2.27. The second kappa shape index (κ2) is 5.74. The van der Waals surface area contributed by atoms with Crippen molar-refractivity contribution >= 4 is 21.8 Å². The van der Waals surface area contributed by atoms with Crippen LogP contribution in [0.15, 0.2) is 22.7 Å². The van der Waals surface area contributed by atoms with Gasteiger partial charge in [0, 0.05) is 17.1 Å². The van der Waals surface area contributed by atoms with Crippen molar-refractivity contribution in [3.63, 3.8) is 0 Å². The molecule has 0 aliphatic heterocycles. The first kappa shape index (κ1) is 13.4. The molecule has 0 aromatic heterocycles. The molecule has 0 spiro atoms. The fraction of sp³-hybridized carbons (Fsp3) is 0.500. The lowest BCUT2D eigenvalue weighted by Crippen LogP contribution is -2.36. The summed E-state index contributed by atoms with van der Waals surface area (Å²) in [6, 6.07) is 6.29. The Morgan fingerprint density at radius 3 is 2.83 bits per heavy atom. The molecule has 1 aliphatic rings. The van der Waals surface area contributed by atoms with Crippen molar-refractivity contribution in [2.24, 2.45) is 0 Å². The highest BCUT2D eigenvalue weighted by atomic mass is 79.9. The molecule has 0 heterocycles. The molecule has 1 saturated carbocycles. The maximum atomic E-state index is 12.0. The number of likely N-dealkylation sites (N-methyl/N-ethyl adjacent to an activating group) is 1. The molecule has 1 aromatic rings. The van der Waals surface area contributed by atoms with Gasteiger partial charge in [0.05, 0.1) is 0 Å². The van der Waals surface area contributed by atoms with E-state index in [0.717, 1.165) is 35.2 Å². The second-order valence-corrected chi connectivity index (χ2v) is 5.53. The highest BCUT2D eigenvalue weighted by molar-refractivity contribution is 9.10. The van der Waals surface area contributed by atoms with Gasteiger partial charge < -0.3 is 9.64 Å². The van der Waals surface area contributed by atoms with Gasteiger partial charge in [-0.3, -0.25) is 4.79 Å². The first-order valence-corrected chi connectivity index (χ1v) is 7.09. The Balaban J connectivity index is 1.94. The van der Waals surface area contributed by atoms with E-state index in [9.17, 15) is 4.79 Å². The van der Waals surface area contributed by atoms with Crippen molar-refractivity contribution in [2.45, 2.75) is 32.7 Å². The molecule has 3 nitrogen and oxygen atoms in total. The van der Waals surface area contributed by atoms with Gasteiger partial charge >= 0.3 is 0 Å². The van der Waals surface area contributed by atoms with Gasteiger partial charge in [-0.05, 0) is 44.4 Å². The second-order valence-electron chi connectivity index (χ2n) is 4.61. The minimum Gasteiger partial charge on any atom is -0.483 e. The van der Waals surface area contributed by atoms with Crippen LogP contribution in [0.2, 0.25) is 0 Å². The van der Waals surface area contributed by atoms with Crippen LogP contribution in [-0.4, -0.2) is 30.0 Å². The van der Waals surface area contributed by atoms with Gasteiger partial charge in [-0.1, -0.05) is 22.0 Å². The van der Waals surface area contributed by atoms with Gasteiger partial charge in [0.15, 0.2) is 6.61 Å². The number of rotatable bonds is 5. The molecule has 0 N–H and O–H groups in total. The monoisotopic (exact) mass is 311 g/mol. The van der Waals surface area contributed by atoms with Crippen LogP contribution in [0.25, 0.3) is 0 Å². The SMILES string of the molecule is CCN(C(=O)COc1cc(Br)ccc1C)C1CC1. The summed E-state index contributed by atoms with van der Waals surface area (Å²) in [5, 5.41) is 0. The number of aryl methyl sites for hydroxylation is 1. The Kier molecular flexibility index (Phi) is 4.27. The van der Waals surface area contributed by atoms with Crippen molar-refractivity contribution in [3.05, 3.63) is 28.2 Å². The first-order valence-electron chi connectivity index (χ1n) is 6.30. The average molecular weight is 312 g/mol. The number of nitrogens with zero attached hydrogens (tertiary/aromatic N) is 1. The molecule has 0 radical (unpaired) electrons. The highest BCUT2D eigenvalue weighted by Gasteiger charge is 2.31. The normalized spacial score (nSPS) is 14.4. The Morgan fingerprint density at radius 2 is 2.22 bits per heavy atom. The quantitative estimate of drug-likeness (QED) is 0.836. The first-order chi connectivity index (χ1) is 8.61. The van der Waals surface area contributed by atoms with Crippen LogP contribution in [0.4, 0.5) is 0 Å². The summed E-state index contributed by atoms with van der Waals surface area (Å²) in [5.41, 5.74) is 1.04. The number of hydrogen-bond acceptors (Lipinski definition) is 2. The lowest BCUT2D eigenvalue weighted by Gasteiger charge is -2.20. The molecule has 0 atom stereocenters. The van der Waals surface area contributed by atoms with Gasteiger partial charge in [0.2, 0.25) is 0 Å². The van der Waals surface area contributed by atoms with Crippen LogP contribution in [0, 0.1) is 6.92 Å². The molecule has 1 amide bonds. The van der Waals surface area contributed by atoms with Gasteiger partial charge in [0.1, 0.15) is 5.75 Å². The van der Waals surface area contributed by atoms with Crippen molar-refractivity contribution in [1.29, 1.82) is 0 Å². The molecule has 1 fully saturated rings. The van der Waals surface area contributed by atoms with Crippen LogP contribution in [-0.2, 0) is 4.79 Å². The van der Waals surface area contributed by atoms with E-state index in [0.29, 0.717) is 6.04 Å². The number of amides is 1. The molecular weight excluding hydrogens is 294 g/mol. The molecule has 2 rings (SSSR count). The largest absolute Gasteiger partial charge is 0.483 e. The summed E-state index contributed by atoms with van der Waals surface area (Å²) in [5.74, 6) is 0.851. The molecule has 4 heteroatoms. The van der Waals surface area contributed by atoms with E-state index < -0.39 is 0 Å². The molecule has 18 heavy (non-hydrogen) atoms. The third-order valence-corrected chi connectivity index (χ3v) is 3.64. The van der Waals surface area contributed by atoms with E-state index in [2.05, 4.69) is 15.9 Å². The van der Waals surface area contributed by atoms with Crippen LogP contribution < -0.4 is 4.74 Å². The number of ether oxygens (including phenoxy) is 1. The zero-order chi connectivity index (χ0) is 13.1. The number of carbonyl (C=O) groups excluding carboxylic acids is 1. The van der Waals surface area contributed by atoms with Crippen molar-refractivity contribution in [2.75, 3.05) is 13.2 Å². The van der Waals surface area contributed by atoms with Crippen molar-refractivity contribution < 1.29 is 9.53 Å². The lowest BCUT2D eigenvalue weighted by molar-refractivity contribution is -0.133. The van der Waals surface area contributed by atoms with Gasteiger partial charge in [-0.2, -0.15) is 0 Å². The summed E-state index contributed by atoms with van der Waals surface area (Å²) in [6.45, 7) is 4.89. The molecule has 1 aliphatic carbocycles. The molecule has 0 saturated heterocycles. The fourth-order valence-electron chi connectivity index (χ4n) is 1.98. The summed E-state index contributed by atoms with van der Waals surface area (Å²) >= 11 is 3.40. The van der Waals surface area contributed by atoms with Gasteiger partial charge in [0.25, 0.3) is 5.91 Å². The Labute approximate surface area is 116 Å². The van der Waals surface area contributed by atoms with E-state index in [1.807, 2.05) is 36.9 Å². The van der Waals surface area contributed by atoms with Crippen molar-refractivity contribution in [1.82, 2.24) is 4.90 Å². The Hall–Kier alpha value is -1.03. The smallest absolute Gasteiger partial charge is 0.260 e. The molecular formula is C14H18BrNO2. The summed E-state index contributed by atoms with van der Waals surface area (Å²) in [4.78, 5) is 13.9. The van der Waals surface area contributed by atoms with Gasteiger partial charge in [-0.15, -0.1) is 0 Å².